The number of benzene rings is 2. The number of nitrogens with zero attached hydrogens (tertiary/aromatic N) is 1. The molecule has 0 fully saturated rings. The van der Waals surface area contributed by atoms with Crippen LogP contribution in [0.3, 0.4) is 0 Å². The molecule has 5 heteroatoms. The van der Waals surface area contributed by atoms with Crippen molar-refractivity contribution >= 4 is 33.8 Å². The SMILES string of the molecule is CC(C)(C)c1ccc(-c2csc(Nc3ccccc3Cl)n2)cc1.[Br-]. The molecule has 0 amide bonds. The van der Waals surface area contributed by atoms with Gasteiger partial charge < -0.3 is 22.3 Å². The van der Waals surface area contributed by atoms with Crippen LogP contribution >= 0.6 is 22.9 Å². The number of aromatic nitrogens is 1. The molecule has 126 valence electrons. The average Bonchev–Trinajstić information content (AvgIpc) is 2.97. The maximum absolute atomic E-state index is 6.17. The number of halogens is 2. The van der Waals surface area contributed by atoms with E-state index in [0.717, 1.165) is 22.1 Å². The van der Waals surface area contributed by atoms with Gasteiger partial charge in [0.15, 0.2) is 5.13 Å². The molecule has 0 spiro atoms. The number of hydrogen-bond acceptors (Lipinski definition) is 3. The van der Waals surface area contributed by atoms with Gasteiger partial charge in [0.2, 0.25) is 0 Å². The highest BCUT2D eigenvalue weighted by molar-refractivity contribution is 7.14. The van der Waals surface area contributed by atoms with Gasteiger partial charge in [0.25, 0.3) is 0 Å². The summed E-state index contributed by atoms with van der Waals surface area (Å²) in [5.74, 6) is 0. The zero-order valence-corrected chi connectivity index (χ0v) is 17.0. The van der Waals surface area contributed by atoms with Crippen LogP contribution < -0.4 is 22.3 Å². The minimum absolute atomic E-state index is 0. The van der Waals surface area contributed by atoms with Crippen molar-refractivity contribution in [3.63, 3.8) is 0 Å². The van der Waals surface area contributed by atoms with E-state index in [1.807, 2.05) is 24.3 Å². The highest BCUT2D eigenvalue weighted by Gasteiger charge is 2.13. The van der Waals surface area contributed by atoms with Crippen molar-refractivity contribution in [2.75, 3.05) is 5.32 Å². The number of hydrogen-bond donors (Lipinski definition) is 1. The summed E-state index contributed by atoms with van der Waals surface area (Å²) in [7, 11) is 0. The van der Waals surface area contributed by atoms with Crippen LogP contribution in [-0.2, 0) is 5.41 Å². The van der Waals surface area contributed by atoms with E-state index in [2.05, 4.69) is 60.7 Å². The molecular formula is C19H19BrClN2S-. The van der Waals surface area contributed by atoms with Crippen molar-refractivity contribution in [2.45, 2.75) is 26.2 Å². The highest BCUT2D eigenvalue weighted by atomic mass is 79.9. The maximum Gasteiger partial charge on any atom is 0.187 e. The molecule has 3 rings (SSSR count). The highest BCUT2D eigenvalue weighted by Crippen LogP contribution is 2.31. The second kappa shape index (κ2) is 7.68. The van der Waals surface area contributed by atoms with Crippen molar-refractivity contribution in [3.8, 4) is 11.3 Å². The van der Waals surface area contributed by atoms with E-state index in [-0.39, 0.29) is 22.4 Å². The Morgan fingerprint density at radius 3 is 2.29 bits per heavy atom. The summed E-state index contributed by atoms with van der Waals surface area (Å²) in [4.78, 5) is 4.66. The largest absolute Gasteiger partial charge is 1.00 e. The topological polar surface area (TPSA) is 24.9 Å². The van der Waals surface area contributed by atoms with Crippen molar-refractivity contribution in [1.82, 2.24) is 4.98 Å². The van der Waals surface area contributed by atoms with Gasteiger partial charge in [-0.15, -0.1) is 11.3 Å². The number of anilines is 2. The first-order valence-corrected chi connectivity index (χ1v) is 8.77. The van der Waals surface area contributed by atoms with E-state index in [4.69, 9.17) is 11.6 Å². The zero-order chi connectivity index (χ0) is 16.4. The van der Waals surface area contributed by atoms with Crippen LogP contribution in [0.25, 0.3) is 11.3 Å². The van der Waals surface area contributed by atoms with E-state index < -0.39 is 0 Å². The molecule has 1 N–H and O–H groups in total. The van der Waals surface area contributed by atoms with Crippen LogP contribution in [0.1, 0.15) is 26.3 Å². The lowest BCUT2D eigenvalue weighted by Crippen LogP contribution is -3.00. The Morgan fingerprint density at radius 1 is 1.00 bits per heavy atom. The second-order valence-corrected chi connectivity index (χ2v) is 7.74. The van der Waals surface area contributed by atoms with E-state index >= 15 is 0 Å². The van der Waals surface area contributed by atoms with Gasteiger partial charge in [0.05, 0.1) is 16.4 Å². The summed E-state index contributed by atoms with van der Waals surface area (Å²) in [6.07, 6.45) is 0. The second-order valence-electron chi connectivity index (χ2n) is 6.47. The van der Waals surface area contributed by atoms with Crippen molar-refractivity contribution in [2.24, 2.45) is 0 Å². The Bertz CT molecular complexity index is 807. The van der Waals surface area contributed by atoms with E-state index in [1.165, 1.54) is 5.56 Å². The maximum atomic E-state index is 6.17. The van der Waals surface area contributed by atoms with Gasteiger partial charge in [-0.1, -0.05) is 68.8 Å². The summed E-state index contributed by atoms with van der Waals surface area (Å²) in [5.41, 5.74) is 4.47. The fourth-order valence-electron chi connectivity index (χ4n) is 2.28. The lowest BCUT2D eigenvalue weighted by molar-refractivity contribution is -0.00000492. The first kappa shape index (κ1) is 19.0. The molecule has 24 heavy (non-hydrogen) atoms. The van der Waals surface area contributed by atoms with Crippen molar-refractivity contribution in [3.05, 3.63) is 64.5 Å². The van der Waals surface area contributed by atoms with Crippen LogP contribution in [-0.4, -0.2) is 4.98 Å². The quantitative estimate of drug-likeness (QED) is 0.699. The van der Waals surface area contributed by atoms with Gasteiger partial charge in [0.1, 0.15) is 0 Å². The third-order valence-electron chi connectivity index (χ3n) is 3.67. The molecule has 2 nitrogen and oxygen atoms in total. The molecule has 0 aliphatic carbocycles. The van der Waals surface area contributed by atoms with Crippen LogP contribution in [0.4, 0.5) is 10.8 Å². The Balaban J connectivity index is 0.00000208. The average molecular weight is 423 g/mol. The minimum Gasteiger partial charge on any atom is -1.00 e. The summed E-state index contributed by atoms with van der Waals surface area (Å²) >= 11 is 7.75. The third kappa shape index (κ3) is 4.38. The van der Waals surface area contributed by atoms with Crippen LogP contribution in [0.15, 0.2) is 53.9 Å². The molecule has 0 radical (unpaired) electrons. The Kier molecular flexibility index (Phi) is 6.07. The molecule has 0 saturated heterocycles. The van der Waals surface area contributed by atoms with Crippen LogP contribution in [0.2, 0.25) is 5.02 Å². The van der Waals surface area contributed by atoms with E-state index in [1.54, 1.807) is 11.3 Å². The normalized spacial score (nSPS) is 11.0. The molecule has 0 aliphatic heterocycles. The van der Waals surface area contributed by atoms with Crippen LogP contribution in [0.5, 0.6) is 0 Å². The first-order valence-electron chi connectivity index (χ1n) is 7.51. The Morgan fingerprint density at radius 2 is 1.67 bits per heavy atom. The van der Waals surface area contributed by atoms with Gasteiger partial charge in [0, 0.05) is 10.9 Å². The summed E-state index contributed by atoms with van der Waals surface area (Å²) in [6, 6.07) is 16.3. The molecule has 1 aromatic heterocycles. The van der Waals surface area contributed by atoms with Gasteiger partial charge >= 0.3 is 0 Å². The number of rotatable bonds is 3. The molecule has 0 saturated carbocycles. The molecule has 2 aromatic carbocycles. The van der Waals surface area contributed by atoms with Gasteiger partial charge in [-0.3, -0.25) is 0 Å². The van der Waals surface area contributed by atoms with E-state index in [0.29, 0.717) is 5.02 Å². The number of nitrogens with one attached hydrogen (secondary N) is 1. The minimum atomic E-state index is 0. The molecule has 0 bridgehead atoms. The molecular weight excluding hydrogens is 404 g/mol. The van der Waals surface area contributed by atoms with Crippen molar-refractivity contribution in [1.29, 1.82) is 0 Å². The first-order chi connectivity index (χ1) is 10.9. The number of para-hydroxylation sites is 1. The smallest absolute Gasteiger partial charge is 0.187 e. The lowest BCUT2D eigenvalue weighted by Gasteiger charge is -2.18. The molecule has 0 unspecified atom stereocenters. The predicted octanol–water partition coefficient (Wildman–Crippen LogP) is 3.51. The molecule has 0 aliphatic rings. The monoisotopic (exact) mass is 421 g/mol. The standard InChI is InChI=1S/C19H19ClN2S.BrH/c1-19(2,3)14-10-8-13(9-11-14)17-12-23-18(22-17)21-16-7-5-4-6-15(16)20;/h4-12H,1-3H3,(H,21,22);1H/p-1. The van der Waals surface area contributed by atoms with Crippen LogP contribution in [0, 0.1) is 0 Å². The fraction of sp³-hybridized carbons (Fsp3) is 0.211. The summed E-state index contributed by atoms with van der Waals surface area (Å²) in [6.45, 7) is 6.66. The van der Waals surface area contributed by atoms with Crippen molar-refractivity contribution < 1.29 is 17.0 Å². The Labute approximate surface area is 162 Å². The van der Waals surface area contributed by atoms with Gasteiger partial charge in [-0.25, -0.2) is 4.98 Å². The Hall–Kier alpha value is -1.36. The van der Waals surface area contributed by atoms with Gasteiger partial charge in [-0.05, 0) is 23.1 Å². The van der Waals surface area contributed by atoms with Gasteiger partial charge in [-0.2, -0.15) is 0 Å². The number of thiazole rings is 1. The molecule has 3 aromatic rings. The summed E-state index contributed by atoms with van der Waals surface area (Å²) < 4.78 is 0. The fourth-order valence-corrected chi connectivity index (χ4v) is 3.20. The summed E-state index contributed by atoms with van der Waals surface area (Å²) in [5, 5.41) is 6.87. The third-order valence-corrected chi connectivity index (χ3v) is 4.75. The zero-order valence-electron chi connectivity index (χ0n) is 13.8. The lowest BCUT2D eigenvalue weighted by atomic mass is 9.86. The molecule has 1 heterocycles. The predicted molar refractivity (Wildman–Crippen MR) is 101 cm³/mol. The van der Waals surface area contributed by atoms with E-state index in [9.17, 15) is 0 Å². The molecule has 0 atom stereocenters.